The molecule has 5 rings (SSSR count). The van der Waals surface area contributed by atoms with Crippen LogP contribution in [0.15, 0.2) is 42.9 Å². The maximum Gasteiger partial charge on any atom is 0.287 e. The molecule has 0 spiro atoms. The molecule has 2 aliphatic carbocycles. The molecule has 6 amide bonds. The second-order valence-corrected chi connectivity index (χ2v) is 16.3. The first-order chi connectivity index (χ1) is 26.1. The third-order valence-corrected chi connectivity index (χ3v) is 11.2. The van der Waals surface area contributed by atoms with Crippen LogP contribution in [0.4, 0.5) is 0 Å². The van der Waals surface area contributed by atoms with E-state index >= 15 is 0 Å². The largest absolute Gasteiger partial charge is 0.363 e. The van der Waals surface area contributed by atoms with Gasteiger partial charge in [0.05, 0.1) is 18.8 Å². The highest BCUT2D eigenvalue weighted by atomic mass is 35.5. The summed E-state index contributed by atoms with van der Waals surface area (Å²) in [6.07, 6.45) is 11.3. The van der Waals surface area contributed by atoms with E-state index in [4.69, 9.17) is 17.3 Å². The fraction of sp³-hybridized carbons (Fsp3) is 0.564. The quantitative estimate of drug-likeness (QED) is 0.220. The summed E-state index contributed by atoms with van der Waals surface area (Å²) in [6.45, 7) is 5.12. The molecular weight excluding hydrogens is 728 g/mol. The van der Waals surface area contributed by atoms with Crippen molar-refractivity contribution < 1.29 is 33.6 Å². The summed E-state index contributed by atoms with van der Waals surface area (Å²) in [5, 5.41) is 8.89. The van der Waals surface area contributed by atoms with E-state index in [1.807, 2.05) is 0 Å². The van der Waals surface area contributed by atoms with E-state index in [2.05, 4.69) is 25.9 Å². The van der Waals surface area contributed by atoms with Crippen LogP contribution in [-0.4, -0.2) is 105 Å². The van der Waals surface area contributed by atoms with Gasteiger partial charge in [-0.25, -0.2) is 4.98 Å². The standard InChI is InChI=1S/C39H51ClN8O7/c1-39(2,3)32(46-36(53)30(24-10-5-4-6-11-24)45-34(51)28-21-42-16-17-43-28)38(55)47-18-19-48(37(54)25-12-14-26(40)15-13-25)29(22-47)35(52)44-27(31(49)33(41)50)20-23-8-7-9-23/h12-17,21,23-24,27,29-30,32H,4-11,18-20,22H2,1-3H3,(H2,41,50)(H,44,52)(H,45,51)(H,46,53)/t27?,29-,30+,32-/m1/s1. The number of hydrogen-bond acceptors (Lipinski definition) is 9. The molecule has 3 fully saturated rings. The number of nitrogens with zero attached hydrogens (tertiary/aromatic N) is 4. The third-order valence-electron chi connectivity index (χ3n) is 10.9. The Morgan fingerprint density at radius 2 is 1.58 bits per heavy atom. The predicted molar refractivity (Wildman–Crippen MR) is 202 cm³/mol. The smallest absolute Gasteiger partial charge is 0.287 e. The van der Waals surface area contributed by atoms with Gasteiger partial charge >= 0.3 is 0 Å². The number of primary amides is 1. The molecule has 3 aliphatic rings. The van der Waals surface area contributed by atoms with Crippen molar-refractivity contribution in [1.29, 1.82) is 0 Å². The van der Waals surface area contributed by atoms with Crippen LogP contribution < -0.4 is 21.7 Å². The molecule has 5 N–H and O–H groups in total. The van der Waals surface area contributed by atoms with Crippen molar-refractivity contribution in [2.24, 2.45) is 23.0 Å². The first-order valence-electron chi connectivity index (χ1n) is 19.0. The van der Waals surface area contributed by atoms with Gasteiger partial charge in [-0.1, -0.05) is 70.9 Å². The average molecular weight is 779 g/mol. The molecule has 1 unspecified atom stereocenters. The molecule has 296 valence electrons. The van der Waals surface area contributed by atoms with Crippen molar-refractivity contribution in [3.63, 3.8) is 0 Å². The van der Waals surface area contributed by atoms with Crippen LogP contribution in [0.3, 0.4) is 0 Å². The van der Waals surface area contributed by atoms with E-state index in [0.717, 1.165) is 38.5 Å². The van der Waals surface area contributed by atoms with E-state index in [1.54, 1.807) is 32.9 Å². The van der Waals surface area contributed by atoms with Gasteiger partial charge in [0.2, 0.25) is 23.5 Å². The summed E-state index contributed by atoms with van der Waals surface area (Å²) in [5.41, 5.74) is 4.85. The number of rotatable bonds is 13. The van der Waals surface area contributed by atoms with Crippen LogP contribution in [0, 0.1) is 17.3 Å². The zero-order chi connectivity index (χ0) is 39.9. The lowest BCUT2D eigenvalue weighted by molar-refractivity contribution is -0.144. The molecule has 1 saturated heterocycles. The van der Waals surface area contributed by atoms with E-state index in [9.17, 15) is 33.6 Å². The summed E-state index contributed by atoms with van der Waals surface area (Å²) >= 11 is 6.07. The second-order valence-electron chi connectivity index (χ2n) is 15.9. The maximum atomic E-state index is 14.5. The molecular formula is C39H51ClN8O7. The minimum Gasteiger partial charge on any atom is -0.363 e. The monoisotopic (exact) mass is 778 g/mol. The Hall–Kier alpha value is -4.92. The Bertz CT molecular complexity index is 1740. The molecule has 0 bridgehead atoms. The van der Waals surface area contributed by atoms with Gasteiger partial charge < -0.3 is 31.5 Å². The Balaban J connectivity index is 1.39. The van der Waals surface area contributed by atoms with Gasteiger partial charge in [-0.2, -0.15) is 0 Å². The summed E-state index contributed by atoms with van der Waals surface area (Å²) in [5.74, 6) is -4.93. The van der Waals surface area contributed by atoms with Crippen LogP contribution in [0.1, 0.15) is 99.4 Å². The Kier molecular flexibility index (Phi) is 13.6. The van der Waals surface area contributed by atoms with Crippen molar-refractivity contribution in [2.75, 3.05) is 19.6 Å². The van der Waals surface area contributed by atoms with Crippen LogP contribution in [-0.2, 0) is 24.0 Å². The number of benzene rings is 1. The van der Waals surface area contributed by atoms with E-state index < -0.39 is 70.8 Å². The maximum absolute atomic E-state index is 14.5. The first-order valence-corrected chi connectivity index (χ1v) is 19.4. The Morgan fingerprint density at radius 3 is 2.16 bits per heavy atom. The minimum atomic E-state index is -1.26. The highest BCUT2D eigenvalue weighted by molar-refractivity contribution is 6.37. The van der Waals surface area contributed by atoms with Gasteiger partial charge in [-0.3, -0.25) is 38.5 Å². The van der Waals surface area contributed by atoms with Crippen LogP contribution in [0.5, 0.6) is 0 Å². The topological polar surface area (TPSA) is 214 Å². The van der Waals surface area contributed by atoms with Crippen molar-refractivity contribution in [2.45, 2.75) is 103 Å². The number of Topliss-reactive ketones (excluding diaryl/α,β-unsaturated/α-hetero) is 1. The molecule has 55 heavy (non-hydrogen) atoms. The number of halogens is 1. The first kappa shape index (κ1) is 41.2. The number of carbonyl (C=O) groups is 7. The summed E-state index contributed by atoms with van der Waals surface area (Å²) < 4.78 is 0. The van der Waals surface area contributed by atoms with E-state index in [1.165, 1.54) is 40.5 Å². The summed E-state index contributed by atoms with van der Waals surface area (Å²) in [7, 11) is 0. The number of ketones is 1. The molecule has 1 aromatic heterocycles. The minimum absolute atomic E-state index is 0.0333. The normalized spacial score (nSPS) is 19.6. The SMILES string of the molecule is CC(C)(C)[C@H](NC(=O)[C@@H](NC(=O)c1cnccn1)C1CCCCC1)C(=O)N1CCN(C(=O)c2ccc(Cl)cc2)[C@@H](C(=O)NC(CC2CCC2)C(=O)C(N)=O)C1. The van der Waals surface area contributed by atoms with Gasteiger partial charge in [0, 0.05) is 36.1 Å². The summed E-state index contributed by atoms with van der Waals surface area (Å²) in [4.78, 5) is 106. The zero-order valence-corrected chi connectivity index (χ0v) is 32.3. The second kappa shape index (κ2) is 18.1. The molecule has 16 heteroatoms. The number of carbonyl (C=O) groups excluding carboxylic acids is 7. The van der Waals surface area contributed by atoms with E-state index in [0.29, 0.717) is 17.9 Å². The van der Waals surface area contributed by atoms with Crippen LogP contribution in [0.25, 0.3) is 0 Å². The molecule has 4 atom stereocenters. The van der Waals surface area contributed by atoms with Gasteiger partial charge in [0.25, 0.3) is 17.7 Å². The Morgan fingerprint density at radius 1 is 0.891 bits per heavy atom. The average Bonchev–Trinajstić information content (AvgIpc) is 3.16. The third kappa shape index (κ3) is 10.4. The van der Waals surface area contributed by atoms with E-state index in [-0.39, 0.29) is 49.1 Å². The fourth-order valence-electron chi connectivity index (χ4n) is 7.50. The fourth-order valence-corrected chi connectivity index (χ4v) is 7.63. The lowest BCUT2D eigenvalue weighted by Crippen LogP contribution is -2.66. The summed E-state index contributed by atoms with van der Waals surface area (Å²) in [6, 6.07) is 1.68. The van der Waals surface area contributed by atoms with Crippen LogP contribution in [0.2, 0.25) is 5.02 Å². The molecule has 2 heterocycles. The highest BCUT2D eigenvalue weighted by Gasteiger charge is 2.44. The molecule has 2 saturated carbocycles. The molecule has 1 aromatic carbocycles. The van der Waals surface area contributed by atoms with Crippen molar-refractivity contribution >= 4 is 52.8 Å². The number of hydrogen-bond donors (Lipinski definition) is 4. The molecule has 15 nitrogen and oxygen atoms in total. The zero-order valence-electron chi connectivity index (χ0n) is 31.6. The molecule has 0 radical (unpaired) electrons. The highest BCUT2D eigenvalue weighted by Crippen LogP contribution is 2.31. The Labute approximate surface area is 325 Å². The number of piperazine rings is 1. The molecule has 2 aromatic rings. The number of nitrogens with two attached hydrogens (primary N) is 1. The number of aromatic nitrogens is 2. The van der Waals surface area contributed by atoms with Gasteiger partial charge in [0.1, 0.15) is 23.8 Å². The number of amides is 6. The van der Waals surface area contributed by atoms with Crippen molar-refractivity contribution in [3.8, 4) is 0 Å². The van der Waals surface area contributed by atoms with Gasteiger partial charge in [0.15, 0.2) is 0 Å². The van der Waals surface area contributed by atoms with Crippen molar-refractivity contribution in [1.82, 2.24) is 35.7 Å². The van der Waals surface area contributed by atoms with Gasteiger partial charge in [-0.15, -0.1) is 0 Å². The predicted octanol–water partition coefficient (Wildman–Crippen LogP) is 2.42. The van der Waals surface area contributed by atoms with Crippen molar-refractivity contribution in [3.05, 3.63) is 59.1 Å². The lowest BCUT2D eigenvalue weighted by Gasteiger charge is -2.44. The lowest BCUT2D eigenvalue weighted by atomic mass is 9.80. The van der Waals surface area contributed by atoms with Gasteiger partial charge in [-0.05, 0) is 60.8 Å². The molecule has 1 aliphatic heterocycles. The van der Waals surface area contributed by atoms with Crippen LogP contribution >= 0.6 is 11.6 Å². The number of nitrogens with one attached hydrogen (secondary N) is 3.